The van der Waals surface area contributed by atoms with Gasteiger partial charge in [0.15, 0.2) is 0 Å². The van der Waals surface area contributed by atoms with E-state index in [-0.39, 0.29) is 6.10 Å². The summed E-state index contributed by atoms with van der Waals surface area (Å²) in [5.74, 6) is 0.781. The maximum absolute atomic E-state index is 11.1. The van der Waals surface area contributed by atoms with Crippen LogP contribution in [0, 0.1) is 0 Å². The van der Waals surface area contributed by atoms with Gasteiger partial charge in [-0.25, -0.2) is 4.79 Å². The number of ether oxygens (including phenoxy) is 2. The second-order valence-corrected chi connectivity index (χ2v) is 5.43. The molecule has 0 aromatic heterocycles. The van der Waals surface area contributed by atoms with Gasteiger partial charge in [0.2, 0.25) is 0 Å². The Morgan fingerprint density at radius 3 is 2.61 bits per heavy atom. The van der Waals surface area contributed by atoms with Crippen LogP contribution in [0.1, 0.15) is 17.2 Å². The van der Waals surface area contributed by atoms with Gasteiger partial charge in [0.25, 0.3) is 0 Å². The fraction of sp³-hybridized carbons (Fsp3) is 0.278. The van der Waals surface area contributed by atoms with Crippen LogP contribution in [-0.4, -0.2) is 35.8 Å². The van der Waals surface area contributed by atoms with Crippen molar-refractivity contribution in [2.24, 2.45) is 0 Å². The van der Waals surface area contributed by atoms with E-state index in [0.29, 0.717) is 26.3 Å². The molecule has 0 aliphatic carbocycles. The summed E-state index contributed by atoms with van der Waals surface area (Å²) in [6, 6.07) is 17.6. The highest BCUT2D eigenvalue weighted by molar-refractivity contribution is 5.65. The van der Waals surface area contributed by atoms with Crippen molar-refractivity contribution in [1.29, 1.82) is 0 Å². The molecule has 0 radical (unpaired) electrons. The van der Waals surface area contributed by atoms with Crippen molar-refractivity contribution in [3.63, 3.8) is 0 Å². The van der Waals surface area contributed by atoms with E-state index in [0.717, 1.165) is 16.9 Å². The van der Waals surface area contributed by atoms with E-state index < -0.39 is 6.09 Å². The minimum absolute atomic E-state index is 0.219. The molecule has 5 nitrogen and oxygen atoms in total. The van der Waals surface area contributed by atoms with Crippen molar-refractivity contribution < 1.29 is 19.4 Å². The summed E-state index contributed by atoms with van der Waals surface area (Å²) in [5, 5.41) is 9.08. The molecule has 1 fully saturated rings. The van der Waals surface area contributed by atoms with E-state index in [1.165, 1.54) is 4.90 Å². The van der Waals surface area contributed by atoms with Crippen LogP contribution in [0.3, 0.4) is 0 Å². The van der Waals surface area contributed by atoms with E-state index >= 15 is 0 Å². The summed E-state index contributed by atoms with van der Waals surface area (Å²) in [6.07, 6.45) is -1.12. The van der Waals surface area contributed by atoms with Crippen molar-refractivity contribution in [1.82, 2.24) is 4.90 Å². The lowest BCUT2D eigenvalue weighted by molar-refractivity contribution is -0.0232. The van der Waals surface area contributed by atoms with Gasteiger partial charge in [-0.2, -0.15) is 0 Å². The van der Waals surface area contributed by atoms with Gasteiger partial charge in [0, 0.05) is 6.54 Å². The Labute approximate surface area is 135 Å². The lowest BCUT2D eigenvalue weighted by atomic mass is 10.1. The molecule has 1 N–H and O–H groups in total. The second kappa shape index (κ2) is 7.15. The standard InChI is InChI=1S/C18H19NO4/c20-18(21)19-10-11-22-17(12-19)15-6-8-16(9-7-15)23-13-14-4-2-1-3-5-14/h1-9,17H,10-13H2,(H,20,21)/t17-/m0/s1. The average Bonchev–Trinajstić information content (AvgIpc) is 2.61. The van der Waals surface area contributed by atoms with Gasteiger partial charge < -0.3 is 19.5 Å². The highest BCUT2D eigenvalue weighted by atomic mass is 16.5. The Bertz CT molecular complexity index is 642. The number of benzene rings is 2. The normalized spacial score (nSPS) is 17.7. The number of carboxylic acid groups (broad SMARTS) is 1. The molecule has 2 aromatic carbocycles. The molecular weight excluding hydrogens is 294 g/mol. The Kier molecular flexibility index (Phi) is 4.78. The molecule has 3 rings (SSSR count). The lowest BCUT2D eigenvalue weighted by Gasteiger charge is -2.31. The monoisotopic (exact) mass is 313 g/mol. The van der Waals surface area contributed by atoms with Gasteiger partial charge in [-0.05, 0) is 23.3 Å². The number of amides is 1. The first-order chi connectivity index (χ1) is 11.2. The van der Waals surface area contributed by atoms with Crippen LogP contribution in [0.15, 0.2) is 54.6 Å². The van der Waals surface area contributed by atoms with Crippen molar-refractivity contribution in [2.75, 3.05) is 19.7 Å². The molecule has 0 unspecified atom stereocenters. The Hall–Kier alpha value is -2.53. The molecule has 1 aliphatic heterocycles. The summed E-state index contributed by atoms with van der Waals surface area (Å²) < 4.78 is 11.4. The number of nitrogens with zero attached hydrogens (tertiary/aromatic N) is 1. The molecule has 0 saturated carbocycles. The largest absolute Gasteiger partial charge is 0.489 e. The highest BCUT2D eigenvalue weighted by Crippen LogP contribution is 2.24. The first kappa shape index (κ1) is 15.4. The smallest absolute Gasteiger partial charge is 0.407 e. The summed E-state index contributed by atoms with van der Waals surface area (Å²) >= 11 is 0. The van der Waals surface area contributed by atoms with Gasteiger partial charge in [-0.1, -0.05) is 42.5 Å². The topological polar surface area (TPSA) is 59.0 Å². The molecule has 1 aliphatic rings. The molecule has 120 valence electrons. The minimum atomic E-state index is -0.902. The maximum atomic E-state index is 11.1. The fourth-order valence-electron chi connectivity index (χ4n) is 2.54. The number of hydrogen-bond acceptors (Lipinski definition) is 3. The fourth-order valence-corrected chi connectivity index (χ4v) is 2.54. The van der Waals surface area contributed by atoms with Gasteiger partial charge in [-0.3, -0.25) is 0 Å². The molecule has 1 atom stereocenters. The summed E-state index contributed by atoms with van der Waals surface area (Å²) in [5.41, 5.74) is 2.08. The zero-order valence-corrected chi connectivity index (χ0v) is 12.7. The zero-order chi connectivity index (χ0) is 16.1. The second-order valence-electron chi connectivity index (χ2n) is 5.43. The molecule has 1 saturated heterocycles. The molecule has 1 heterocycles. The number of morpholine rings is 1. The SMILES string of the molecule is O=C(O)N1CCO[C@H](c2ccc(OCc3ccccc3)cc2)C1. The Morgan fingerprint density at radius 1 is 1.17 bits per heavy atom. The Morgan fingerprint density at radius 2 is 1.91 bits per heavy atom. The average molecular weight is 313 g/mol. The maximum Gasteiger partial charge on any atom is 0.407 e. The van der Waals surface area contributed by atoms with Crippen LogP contribution in [0.2, 0.25) is 0 Å². The predicted molar refractivity (Wildman–Crippen MR) is 85.5 cm³/mol. The first-order valence-corrected chi connectivity index (χ1v) is 7.58. The summed E-state index contributed by atoms with van der Waals surface area (Å²) in [7, 11) is 0. The zero-order valence-electron chi connectivity index (χ0n) is 12.7. The van der Waals surface area contributed by atoms with Gasteiger partial charge in [-0.15, -0.1) is 0 Å². The quantitative estimate of drug-likeness (QED) is 0.940. The van der Waals surface area contributed by atoms with Crippen molar-refractivity contribution >= 4 is 6.09 Å². The van der Waals surface area contributed by atoms with E-state index in [1.807, 2.05) is 54.6 Å². The van der Waals surface area contributed by atoms with Gasteiger partial charge in [0.05, 0.1) is 13.2 Å². The van der Waals surface area contributed by atoms with Crippen LogP contribution in [0.4, 0.5) is 4.79 Å². The van der Waals surface area contributed by atoms with Crippen molar-refractivity contribution in [3.8, 4) is 5.75 Å². The molecule has 0 spiro atoms. The van der Waals surface area contributed by atoms with Gasteiger partial charge in [0.1, 0.15) is 18.5 Å². The van der Waals surface area contributed by atoms with E-state index in [4.69, 9.17) is 14.6 Å². The third-order valence-electron chi connectivity index (χ3n) is 3.84. The summed E-state index contributed by atoms with van der Waals surface area (Å²) in [6.45, 7) is 1.72. The molecule has 0 bridgehead atoms. The predicted octanol–water partition coefficient (Wildman–Crippen LogP) is 3.32. The van der Waals surface area contributed by atoms with Crippen LogP contribution >= 0.6 is 0 Å². The van der Waals surface area contributed by atoms with Crippen LogP contribution in [0.5, 0.6) is 5.75 Å². The molecule has 23 heavy (non-hydrogen) atoms. The molecule has 2 aromatic rings. The summed E-state index contributed by atoms with van der Waals surface area (Å²) in [4.78, 5) is 12.4. The van der Waals surface area contributed by atoms with Crippen molar-refractivity contribution in [2.45, 2.75) is 12.7 Å². The van der Waals surface area contributed by atoms with E-state index in [1.54, 1.807) is 0 Å². The number of hydrogen-bond donors (Lipinski definition) is 1. The van der Waals surface area contributed by atoms with Crippen LogP contribution in [0.25, 0.3) is 0 Å². The first-order valence-electron chi connectivity index (χ1n) is 7.58. The molecule has 5 heteroatoms. The van der Waals surface area contributed by atoms with Crippen LogP contribution < -0.4 is 4.74 Å². The van der Waals surface area contributed by atoms with E-state index in [9.17, 15) is 4.79 Å². The van der Waals surface area contributed by atoms with Crippen molar-refractivity contribution in [3.05, 3.63) is 65.7 Å². The van der Waals surface area contributed by atoms with Crippen LogP contribution in [-0.2, 0) is 11.3 Å². The van der Waals surface area contributed by atoms with Gasteiger partial charge >= 0.3 is 6.09 Å². The Balaban J connectivity index is 1.59. The third kappa shape index (κ3) is 4.02. The molecular formula is C18H19NO4. The molecule has 1 amide bonds. The minimum Gasteiger partial charge on any atom is -0.489 e. The highest BCUT2D eigenvalue weighted by Gasteiger charge is 2.24. The third-order valence-corrected chi connectivity index (χ3v) is 3.84. The number of rotatable bonds is 4. The van der Waals surface area contributed by atoms with E-state index in [2.05, 4.69) is 0 Å². The number of carbonyl (C=O) groups is 1. The lowest BCUT2D eigenvalue weighted by Crippen LogP contribution is -2.41.